The fourth-order valence-electron chi connectivity index (χ4n) is 1.66. The van der Waals surface area contributed by atoms with Gasteiger partial charge in [0, 0.05) is 21.2 Å². The molecule has 1 aromatic carbocycles. The maximum Gasteiger partial charge on any atom is 0.0430 e. The zero-order valence-corrected chi connectivity index (χ0v) is 9.03. The van der Waals surface area contributed by atoms with Crippen molar-refractivity contribution in [1.29, 1.82) is 0 Å². The second-order valence-electron chi connectivity index (χ2n) is 3.27. The van der Waals surface area contributed by atoms with Crippen LogP contribution in [0.25, 0.3) is 0 Å². The molecule has 1 nitrogen and oxygen atoms in total. The molecule has 13 heavy (non-hydrogen) atoms. The Labute approximate surface area is 87.7 Å². The molecule has 0 spiro atoms. The van der Waals surface area contributed by atoms with Crippen molar-refractivity contribution < 1.29 is 0 Å². The van der Waals surface area contributed by atoms with E-state index >= 15 is 0 Å². The molecule has 0 fully saturated rings. The van der Waals surface area contributed by atoms with Gasteiger partial charge in [-0.1, -0.05) is 18.5 Å². The highest BCUT2D eigenvalue weighted by Gasteiger charge is 2.28. The lowest BCUT2D eigenvalue weighted by Gasteiger charge is -2.11. The van der Waals surface area contributed by atoms with Gasteiger partial charge in [-0.25, -0.2) is 0 Å². The molecule has 3 heteroatoms. The summed E-state index contributed by atoms with van der Waals surface area (Å²) in [6.07, 6.45) is 1.11. The van der Waals surface area contributed by atoms with Crippen LogP contribution in [0, 0.1) is 0 Å². The van der Waals surface area contributed by atoms with Gasteiger partial charge in [0.25, 0.3) is 0 Å². The van der Waals surface area contributed by atoms with Gasteiger partial charge in [0.05, 0.1) is 0 Å². The normalized spacial score (nSPS) is 26.1. The first kappa shape index (κ1) is 9.38. The van der Waals surface area contributed by atoms with Crippen LogP contribution < -0.4 is 5.73 Å². The SMILES string of the molecule is CCC1Sc2ccc(Cl)cc2C1N. The minimum absolute atomic E-state index is 0.156. The third-order valence-electron chi connectivity index (χ3n) is 2.41. The monoisotopic (exact) mass is 213 g/mol. The maximum atomic E-state index is 6.09. The molecule has 0 amide bonds. The summed E-state index contributed by atoms with van der Waals surface area (Å²) in [5.41, 5.74) is 7.30. The van der Waals surface area contributed by atoms with Gasteiger partial charge >= 0.3 is 0 Å². The number of benzene rings is 1. The molecular weight excluding hydrogens is 202 g/mol. The Morgan fingerprint density at radius 1 is 1.54 bits per heavy atom. The van der Waals surface area contributed by atoms with Gasteiger partial charge in [0.15, 0.2) is 0 Å². The summed E-state index contributed by atoms with van der Waals surface area (Å²) in [4.78, 5) is 1.30. The Morgan fingerprint density at radius 2 is 2.31 bits per heavy atom. The molecular formula is C10H12ClNS. The number of fused-ring (bicyclic) bond motifs is 1. The summed E-state index contributed by atoms with van der Waals surface area (Å²) in [6.45, 7) is 2.17. The number of rotatable bonds is 1. The van der Waals surface area contributed by atoms with Crippen molar-refractivity contribution in [1.82, 2.24) is 0 Å². The smallest absolute Gasteiger partial charge is 0.0430 e. The van der Waals surface area contributed by atoms with Crippen LogP contribution in [0.5, 0.6) is 0 Å². The Hall–Kier alpha value is -0.180. The molecule has 0 saturated heterocycles. The van der Waals surface area contributed by atoms with Crippen LogP contribution in [0.4, 0.5) is 0 Å². The van der Waals surface area contributed by atoms with Crippen LogP contribution in [-0.4, -0.2) is 5.25 Å². The lowest BCUT2D eigenvalue weighted by atomic mass is 10.0. The van der Waals surface area contributed by atoms with Crippen molar-refractivity contribution in [3.63, 3.8) is 0 Å². The Balaban J connectivity index is 2.39. The van der Waals surface area contributed by atoms with Gasteiger partial charge in [-0.3, -0.25) is 0 Å². The average molecular weight is 214 g/mol. The lowest BCUT2D eigenvalue weighted by Crippen LogP contribution is -2.18. The molecule has 0 radical (unpaired) electrons. The van der Waals surface area contributed by atoms with E-state index in [0.717, 1.165) is 11.4 Å². The Bertz CT molecular complexity index is 327. The standard InChI is InChI=1S/C10H12ClNS/c1-2-8-10(12)7-5-6(11)3-4-9(7)13-8/h3-5,8,10H,2,12H2,1H3. The van der Waals surface area contributed by atoms with Crippen molar-refractivity contribution in [3.8, 4) is 0 Å². The van der Waals surface area contributed by atoms with E-state index in [9.17, 15) is 0 Å². The fraction of sp³-hybridized carbons (Fsp3) is 0.400. The molecule has 0 bridgehead atoms. The first-order valence-electron chi connectivity index (χ1n) is 4.44. The summed E-state index contributed by atoms with van der Waals surface area (Å²) in [5, 5.41) is 1.31. The van der Waals surface area contributed by atoms with Crippen molar-refractivity contribution in [2.24, 2.45) is 5.73 Å². The molecule has 1 aromatic rings. The summed E-state index contributed by atoms with van der Waals surface area (Å²) in [6, 6.07) is 6.14. The number of thioether (sulfide) groups is 1. The van der Waals surface area contributed by atoms with Gasteiger partial charge in [0.1, 0.15) is 0 Å². The molecule has 1 aliphatic rings. The van der Waals surface area contributed by atoms with Crippen LogP contribution in [-0.2, 0) is 0 Å². The Kier molecular flexibility index (Phi) is 2.54. The average Bonchev–Trinajstić information content (AvgIpc) is 2.44. The molecule has 70 valence electrons. The van der Waals surface area contributed by atoms with Gasteiger partial charge < -0.3 is 5.73 Å². The van der Waals surface area contributed by atoms with E-state index in [2.05, 4.69) is 13.0 Å². The third kappa shape index (κ3) is 1.58. The van der Waals surface area contributed by atoms with Gasteiger partial charge in [0.2, 0.25) is 0 Å². The molecule has 2 rings (SSSR count). The molecule has 1 heterocycles. The molecule has 2 unspecified atom stereocenters. The van der Waals surface area contributed by atoms with Crippen LogP contribution in [0.1, 0.15) is 24.9 Å². The van der Waals surface area contributed by atoms with Gasteiger partial charge in [-0.05, 0) is 30.2 Å². The predicted octanol–water partition coefficient (Wildman–Crippen LogP) is 3.22. The van der Waals surface area contributed by atoms with Crippen LogP contribution in [0.2, 0.25) is 5.02 Å². The zero-order valence-electron chi connectivity index (χ0n) is 7.46. The van der Waals surface area contributed by atoms with E-state index in [-0.39, 0.29) is 6.04 Å². The summed E-state index contributed by atoms with van der Waals surface area (Å²) < 4.78 is 0. The largest absolute Gasteiger partial charge is 0.323 e. The topological polar surface area (TPSA) is 26.0 Å². The molecule has 0 saturated carbocycles. The van der Waals surface area contributed by atoms with E-state index in [1.807, 2.05) is 23.9 Å². The lowest BCUT2D eigenvalue weighted by molar-refractivity contribution is 0.666. The maximum absolute atomic E-state index is 6.09. The van der Waals surface area contributed by atoms with Crippen LogP contribution in [0.15, 0.2) is 23.1 Å². The first-order valence-corrected chi connectivity index (χ1v) is 5.70. The number of hydrogen-bond donors (Lipinski definition) is 1. The van der Waals surface area contributed by atoms with Crippen molar-refractivity contribution in [2.45, 2.75) is 29.5 Å². The van der Waals surface area contributed by atoms with Gasteiger partial charge in [-0.2, -0.15) is 0 Å². The second-order valence-corrected chi connectivity index (χ2v) is 4.99. The second kappa shape index (κ2) is 3.52. The number of nitrogens with two attached hydrogens (primary N) is 1. The van der Waals surface area contributed by atoms with Crippen molar-refractivity contribution in [3.05, 3.63) is 28.8 Å². The van der Waals surface area contributed by atoms with E-state index in [1.54, 1.807) is 0 Å². The minimum Gasteiger partial charge on any atom is -0.323 e. The van der Waals surface area contributed by atoms with E-state index in [4.69, 9.17) is 17.3 Å². The third-order valence-corrected chi connectivity index (χ3v) is 4.20. The molecule has 1 aliphatic heterocycles. The van der Waals surface area contributed by atoms with Crippen molar-refractivity contribution in [2.75, 3.05) is 0 Å². The number of halogens is 1. The Morgan fingerprint density at radius 3 is 3.00 bits per heavy atom. The van der Waals surface area contributed by atoms with Crippen LogP contribution in [0.3, 0.4) is 0 Å². The molecule has 2 N–H and O–H groups in total. The highest BCUT2D eigenvalue weighted by molar-refractivity contribution is 8.00. The van der Waals surface area contributed by atoms with E-state index in [1.165, 1.54) is 10.5 Å². The quantitative estimate of drug-likeness (QED) is 0.775. The van der Waals surface area contributed by atoms with E-state index < -0.39 is 0 Å². The molecule has 2 atom stereocenters. The minimum atomic E-state index is 0.156. The zero-order chi connectivity index (χ0) is 9.42. The highest BCUT2D eigenvalue weighted by atomic mass is 35.5. The fourth-order valence-corrected chi connectivity index (χ4v) is 3.11. The van der Waals surface area contributed by atoms with Crippen LogP contribution >= 0.6 is 23.4 Å². The first-order chi connectivity index (χ1) is 6.22. The highest BCUT2D eigenvalue weighted by Crippen LogP contribution is 2.44. The van der Waals surface area contributed by atoms with Gasteiger partial charge in [-0.15, -0.1) is 11.8 Å². The van der Waals surface area contributed by atoms with Crippen molar-refractivity contribution >= 4 is 23.4 Å². The summed E-state index contributed by atoms with van der Waals surface area (Å²) in [7, 11) is 0. The molecule has 0 aromatic heterocycles. The van der Waals surface area contributed by atoms with E-state index in [0.29, 0.717) is 5.25 Å². The summed E-state index contributed by atoms with van der Waals surface area (Å²) in [5.74, 6) is 0. The summed E-state index contributed by atoms with van der Waals surface area (Å²) >= 11 is 7.78. The predicted molar refractivity (Wildman–Crippen MR) is 58.3 cm³/mol. The number of hydrogen-bond acceptors (Lipinski definition) is 2. The molecule has 0 aliphatic carbocycles.